The van der Waals surface area contributed by atoms with E-state index < -0.39 is 0 Å². The molecule has 0 saturated heterocycles. The lowest BCUT2D eigenvalue weighted by atomic mass is 10.1. The van der Waals surface area contributed by atoms with Gasteiger partial charge in [-0.05, 0) is 37.8 Å². The van der Waals surface area contributed by atoms with Gasteiger partial charge in [0.2, 0.25) is 0 Å². The minimum atomic E-state index is 0.608. The maximum absolute atomic E-state index is 11.2. The van der Waals surface area contributed by atoms with Gasteiger partial charge in [0, 0.05) is 22.3 Å². The van der Waals surface area contributed by atoms with Crippen molar-refractivity contribution in [3.63, 3.8) is 0 Å². The maximum atomic E-state index is 11.2. The topological polar surface area (TPSA) is 35.5 Å². The minimum absolute atomic E-state index is 0.608. The summed E-state index contributed by atoms with van der Waals surface area (Å²) in [6, 6.07) is 5.48. The fourth-order valence-electron chi connectivity index (χ4n) is 3.02. The number of carbonyl (C=O) groups excluding carboxylic acids is 1. The van der Waals surface area contributed by atoms with Crippen LogP contribution in [0.5, 0.6) is 11.5 Å². The molecule has 0 aliphatic heterocycles. The molecule has 0 spiro atoms. The number of hydrogen-bond acceptors (Lipinski definition) is 3. The monoisotopic (exact) mass is 518 g/mol. The van der Waals surface area contributed by atoms with E-state index in [1.54, 1.807) is 12.1 Å². The van der Waals surface area contributed by atoms with Crippen LogP contribution < -0.4 is 9.47 Å². The van der Waals surface area contributed by atoms with E-state index in [4.69, 9.17) is 9.47 Å². The van der Waals surface area contributed by atoms with Crippen molar-refractivity contribution in [3.05, 3.63) is 23.8 Å². The lowest BCUT2D eigenvalue weighted by molar-refractivity contribution is 0.112. The molecule has 1 rings (SSSR count). The largest absolute Gasteiger partial charge is 0.493 e. The van der Waals surface area contributed by atoms with Crippen molar-refractivity contribution in [2.24, 2.45) is 0 Å². The number of halogens is 2. The Morgan fingerprint density at radius 2 is 1.00 bits per heavy atom. The molecule has 28 heavy (non-hydrogen) atoms. The Hall–Kier alpha value is -0.550. The second-order valence-corrected chi connectivity index (χ2v) is 8.76. The summed E-state index contributed by atoms with van der Waals surface area (Å²) in [5.41, 5.74) is 0.608. The van der Waals surface area contributed by atoms with Crippen LogP contribution in [0.2, 0.25) is 0 Å². The molecule has 0 amide bonds. The van der Waals surface area contributed by atoms with Gasteiger partial charge < -0.3 is 9.47 Å². The molecular formula is C23H36Br2O3. The second-order valence-electron chi connectivity index (χ2n) is 7.17. The number of benzene rings is 1. The molecule has 0 bridgehead atoms. The van der Waals surface area contributed by atoms with Gasteiger partial charge in [-0.1, -0.05) is 83.2 Å². The van der Waals surface area contributed by atoms with E-state index in [1.165, 1.54) is 64.2 Å². The van der Waals surface area contributed by atoms with Crippen molar-refractivity contribution in [1.29, 1.82) is 0 Å². The summed E-state index contributed by atoms with van der Waals surface area (Å²) in [5.74, 6) is 1.46. The van der Waals surface area contributed by atoms with Crippen molar-refractivity contribution in [2.45, 2.75) is 77.0 Å². The quantitative estimate of drug-likeness (QED) is 0.106. The highest BCUT2D eigenvalue weighted by Crippen LogP contribution is 2.23. The van der Waals surface area contributed by atoms with Crippen LogP contribution in [0.3, 0.4) is 0 Å². The van der Waals surface area contributed by atoms with Crippen LogP contribution in [0.25, 0.3) is 0 Å². The van der Waals surface area contributed by atoms with Crippen molar-refractivity contribution in [1.82, 2.24) is 0 Å². The molecule has 0 aliphatic carbocycles. The summed E-state index contributed by atoms with van der Waals surface area (Å²) >= 11 is 6.93. The molecule has 1 aromatic carbocycles. The van der Waals surface area contributed by atoms with E-state index in [0.717, 1.165) is 41.3 Å². The van der Waals surface area contributed by atoms with Gasteiger partial charge >= 0.3 is 0 Å². The summed E-state index contributed by atoms with van der Waals surface area (Å²) in [6.07, 6.45) is 15.5. The standard InChI is InChI=1S/C23H36Br2O3/c24-13-9-5-1-3-7-11-15-27-22-17-21(20-26)18-23(19-22)28-16-12-8-4-2-6-10-14-25/h17-20H,1-16H2. The molecule has 0 fully saturated rings. The first-order valence-electron chi connectivity index (χ1n) is 10.8. The summed E-state index contributed by atoms with van der Waals surface area (Å²) in [6.45, 7) is 1.38. The van der Waals surface area contributed by atoms with Crippen LogP contribution in [-0.2, 0) is 0 Å². The van der Waals surface area contributed by atoms with Gasteiger partial charge in [0.25, 0.3) is 0 Å². The molecule has 160 valence electrons. The highest BCUT2D eigenvalue weighted by molar-refractivity contribution is 9.09. The number of ether oxygens (including phenoxy) is 2. The Morgan fingerprint density at radius 3 is 1.39 bits per heavy atom. The molecule has 0 N–H and O–H groups in total. The minimum Gasteiger partial charge on any atom is -0.493 e. The number of hydrogen-bond donors (Lipinski definition) is 0. The van der Waals surface area contributed by atoms with Crippen molar-refractivity contribution >= 4 is 38.1 Å². The summed E-state index contributed by atoms with van der Waals surface area (Å²) in [4.78, 5) is 11.2. The lowest BCUT2D eigenvalue weighted by Gasteiger charge is -2.11. The van der Waals surface area contributed by atoms with Crippen molar-refractivity contribution in [2.75, 3.05) is 23.9 Å². The van der Waals surface area contributed by atoms with Gasteiger partial charge in [-0.3, -0.25) is 4.79 Å². The number of aldehydes is 1. The van der Waals surface area contributed by atoms with E-state index in [1.807, 2.05) is 6.07 Å². The van der Waals surface area contributed by atoms with Gasteiger partial charge in [0.15, 0.2) is 0 Å². The number of carbonyl (C=O) groups is 1. The first-order valence-corrected chi connectivity index (χ1v) is 13.0. The third-order valence-corrected chi connectivity index (χ3v) is 5.75. The molecular weight excluding hydrogens is 484 g/mol. The molecule has 0 unspecified atom stereocenters. The smallest absolute Gasteiger partial charge is 0.150 e. The summed E-state index contributed by atoms with van der Waals surface area (Å²) < 4.78 is 11.7. The Labute approximate surface area is 188 Å². The van der Waals surface area contributed by atoms with Gasteiger partial charge in [0.1, 0.15) is 17.8 Å². The third-order valence-electron chi connectivity index (χ3n) is 4.63. The first kappa shape index (κ1) is 25.5. The molecule has 5 heteroatoms. The van der Waals surface area contributed by atoms with Gasteiger partial charge in [-0.15, -0.1) is 0 Å². The molecule has 3 nitrogen and oxygen atoms in total. The van der Waals surface area contributed by atoms with Crippen LogP contribution >= 0.6 is 31.9 Å². The van der Waals surface area contributed by atoms with Gasteiger partial charge in [-0.25, -0.2) is 0 Å². The SMILES string of the molecule is O=Cc1cc(OCCCCCCCCBr)cc(OCCCCCCCCBr)c1. The summed E-state index contributed by atoms with van der Waals surface area (Å²) in [7, 11) is 0. The molecule has 0 radical (unpaired) electrons. The number of alkyl halides is 2. The Kier molecular flexibility index (Phi) is 16.8. The van der Waals surface area contributed by atoms with Crippen LogP contribution in [0.1, 0.15) is 87.4 Å². The predicted molar refractivity (Wildman–Crippen MR) is 126 cm³/mol. The highest BCUT2D eigenvalue weighted by Gasteiger charge is 2.04. The molecule has 0 heterocycles. The zero-order valence-corrected chi connectivity index (χ0v) is 20.3. The summed E-state index contributed by atoms with van der Waals surface area (Å²) in [5, 5.41) is 2.20. The predicted octanol–water partition coefficient (Wildman–Crippen LogP) is 7.73. The van der Waals surface area contributed by atoms with E-state index in [-0.39, 0.29) is 0 Å². The molecule has 0 atom stereocenters. The normalized spacial score (nSPS) is 10.8. The zero-order valence-electron chi connectivity index (χ0n) is 17.1. The van der Waals surface area contributed by atoms with Gasteiger partial charge in [-0.2, -0.15) is 0 Å². The average Bonchev–Trinajstić information content (AvgIpc) is 2.71. The van der Waals surface area contributed by atoms with Gasteiger partial charge in [0.05, 0.1) is 13.2 Å². The molecule has 1 aromatic rings. The van der Waals surface area contributed by atoms with Crippen LogP contribution in [0, 0.1) is 0 Å². The zero-order chi connectivity index (χ0) is 20.3. The van der Waals surface area contributed by atoms with Crippen molar-refractivity contribution < 1.29 is 14.3 Å². The fraction of sp³-hybridized carbons (Fsp3) is 0.696. The van der Waals surface area contributed by atoms with E-state index >= 15 is 0 Å². The second kappa shape index (κ2) is 18.5. The molecule has 0 aliphatic rings. The number of unbranched alkanes of at least 4 members (excludes halogenated alkanes) is 10. The highest BCUT2D eigenvalue weighted by atomic mass is 79.9. The maximum Gasteiger partial charge on any atom is 0.150 e. The van der Waals surface area contributed by atoms with Crippen molar-refractivity contribution in [3.8, 4) is 11.5 Å². The lowest BCUT2D eigenvalue weighted by Crippen LogP contribution is -2.01. The molecule has 0 saturated carbocycles. The fourth-order valence-corrected chi connectivity index (χ4v) is 3.81. The number of rotatable bonds is 19. The average molecular weight is 520 g/mol. The Morgan fingerprint density at radius 1 is 0.607 bits per heavy atom. The van der Waals surface area contributed by atoms with E-state index in [2.05, 4.69) is 31.9 Å². The third kappa shape index (κ3) is 13.6. The first-order chi connectivity index (χ1) is 13.8. The van der Waals surface area contributed by atoms with E-state index in [0.29, 0.717) is 18.8 Å². The molecule has 0 aromatic heterocycles. The Balaban J connectivity index is 2.23. The Bertz CT molecular complexity index is 470. The van der Waals surface area contributed by atoms with Crippen LogP contribution in [0.4, 0.5) is 0 Å². The van der Waals surface area contributed by atoms with Crippen LogP contribution in [0.15, 0.2) is 18.2 Å². The van der Waals surface area contributed by atoms with E-state index in [9.17, 15) is 4.79 Å². The van der Waals surface area contributed by atoms with Crippen LogP contribution in [-0.4, -0.2) is 30.2 Å².